The normalized spacial score (nSPS) is 14.5. The Morgan fingerprint density at radius 3 is 3.00 bits per heavy atom. The van der Waals surface area contributed by atoms with Gasteiger partial charge in [0.25, 0.3) is 0 Å². The highest BCUT2D eigenvalue weighted by molar-refractivity contribution is 5.65. The quantitative estimate of drug-likeness (QED) is 0.546. The summed E-state index contributed by atoms with van der Waals surface area (Å²) in [6.07, 6.45) is 0. The Bertz CT molecular complexity index is 313. The number of benzene rings is 1. The van der Waals surface area contributed by atoms with Gasteiger partial charge in [0.15, 0.2) is 0 Å². The van der Waals surface area contributed by atoms with Crippen LogP contribution in [0.2, 0.25) is 0 Å². The number of fused-ring (bicyclic) bond motifs is 1. The number of aryl methyl sites for hydroxylation is 1. The average molecular weight is 146 g/mol. The minimum atomic E-state index is 0.695. The van der Waals surface area contributed by atoms with E-state index in [0.29, 0.717) is 6.61 Å². The summed E-state index contributed by atoms with van der Waals surface area (Å²) < 4.78 is 5.31. The molecule has 0 N–H and O–H groups in total. The highest BCUT2D eigenvalue weighted by Gasteiger charge is 2.16. The molecule has 0 spiro atoms. The molecular weight excluding hydrogens is 136 g/mol. The molecule has 56 valence electrons. The van der Waals surface area contributed by atoms with E-state index >= 15 is 0 Å². The third kappa shape index (κ3) is 0.845. The molecule has 0 bridgehead atoms. The van der Waals surface area contributed by atoms with Gasteiger partial charge >= 0.3 is 0 Å². The van der Waals surface area contributed by atoms with E-state index < -0.39 is 0 Å². The van der Waals surface area contributed by atoms with E-state index in [-0.39, 0.29) is 0 Å². The van der Waals surface area contributed by atoms with Crippen LogP contribution in [0.25, 0.3) is 5.76 Å². The summed E-state index contributed by atoms with van der Waals surface area (Å²) in [5.74, 6) is 0.809. The summed E-state index contributed by atoms with van der Waals surface area (Å²) in [4.78, 5) is 0. The van der Waals surface area contributed by atoms with Crippen LogP contribution in [0.5, 0.6) is 0 Å². The highest BCUT2D eigenvalue weighted by Crippen LogP contribution is 2.29. The van der Waals surface area contributed by atoms with Crippen molar-refractivity contribution in [3.8, 4) is 0 Å². The maximum atomic E-state index is 5.31. The molecule has 1 aromatic rings. The maximum absolute atomic E-state index is 5.31. The minimum absolute atomic E-state index is 0.695. The van der Waals surface area contributed by atoms with Crippen molar-refractivity contribution in [2.45, 2.75) is 13.5 Å². The Hall–Kier alpha value is -1.24. The summed E-state index contributed by atoms with van der Waals surface area (Å²) >= 11 is 0. The predicted octanol–water partition coefficient (Wildman–Crippen LogP) is 2.50. The molecule has 1 nitrogen and oxygen atoms in total. The molecule has 0 atom stereocenters. The molecule has 0 aliphatic carbocycles. The number of rotatable bonds is 0. The molecule has 0 aromatic heterocycles. The van der Waals surface area contributed by atoms with E-state index in [0.717, 1.165) is 5.76 Å². The van der Waals surface area contributed by atoms with E-state index in [1.54, 1.807) is 0 Å². The summed E-state index contributed by atoms with van der Waals surface area (Å²) in [6, 6.07) is 6.19. The maximum Gasteiger partial charge on any atom is 0.120 e. The summed E-state index contributed by atoms with van der Waals surface area (Å²) in [7, 11) is 0. The Morgan fingerprint density at radius 1 is 1.45 bits per heavy atom. The van der Waals surface area contributed by atoms with Crippen LogP contribution in [-0.4, -0.2) is 0 Å². The SMILES string of the molecule is C=C1OCc2c(C)cccc21. The first-order valence-corrected chi connectivity index (χ1v) is 3.69. The molecule has 1 aliphatic rings. The molecule has 0 saturated carbocycles. The van der Waals surface area contributed by atoms with Gasteiger partial charge in [-0.25, -0.2) is 0 Å². The van der Waals surface area contributed by atoms with Crippen LogP contribution in [-0.2, 0) is 11.3 Å². The summed E-state index contributed by atoms with van der Waals surface area (Å²) in [5, 5.41) is 0. The van der Waals surface area contributed by atoms with Gasteiger partial charge in [-0.3, -0.25) is 0 Å². The number of hydrogen-bond acceptors (Lipinski definition) is 1. The molecule has 0 radical (unpaired) electrons. The van der Waals surface area contributed by atoms with E-state index in [4.69, 9.17) is 4.74 Å². The lowest BCUT2D eigenvalue weighted by Crippen LogP contribution is -1.84. The van der Waals surface area contributed by atoms with Gasteiger partial charge in [0, 0.05) is 11.1 Å². The monoisotopic (exact) mass is 146 g/mol. The third-order valence-electron chi connectivity index (χ3n) is 2.10. The van der Waals surface area contributed by atoms with Gasteiger partial charge in [-0.2, -0.15) is 0 Å². The molecule has 0 unspecified atom stereocenters. The molecule has 1 aliphatic heterocycles. The molecule has 2 rings (SSSR count). The van der Waals surface area contributed by atoms with Crippen molar-refractivity contribution in [1.29, 1.82) is 0 Å². The van der Waals surface area contributed by atoms with Crippen LogP contribution in [0.4, 0.5) is 0 Å². The molecule has 1 heteroatoms. The first-order valence-electron chi connectivity index (χ1n) is 3.69. The molecule has 0 saturated heterocycles. The summed E-state index contributed by atoms with van der Waals surface area (Å²) in [6.45, 7) is 6.61. The lowest BCUT2D eigenvalue weighted by Gasteiger charge is -1.97. The second-order valence-corrected chi connectivity index (χ2v) is 2.81. The van der Waals surface area contributed by atoms with Crippen LogP contribution >= 0.6 is 0 Å². The highest BCUT2D eigenvalue weighted by atomic mass is 16.5. The molecule has 0 amide bonds. The standard InChI is InChI=1S/C10H10O/c1-7-4-3-5-9-8(2)11-6-10(7)9/h3-5H,2,6H2,1H3. The third-order valence-corrected chi connectivity index (χ3v) is 2.10. The van der Waals surface area contributed by atoms with Crippen molar-refractivity contribution in [1.82, 2.24) is 0 Å². The summed E-state index contributed by atoms with van der Waals surface area (Å²) in [5.41, 5.74) is 3.75. The molecule has 1 aromatic carbocycles. The largest absolute Gasteiger partial charge is 0.489 e. The van der Waals surface area contributed by atoms with Crippen molar-refractivity contribution in [2.24, 2.45) is 0 Å². The van der Waals surface area contributed by atoms with Gasteiger partial charge < -0.3 is 4.74 Å². The van der Waals surface area contributed by atoms with Gasteiger partial charge in [-0.15, -0.1) is 0 Å². The topological polar surface area (TPSA) is 9.23 Å². The van der Waals surface area contributed by atoms with E-state index in [9.17, 15) is 0 Å². The van der Waals surface area contributed by atoms with Gasteiger partial charge in [0.2, 0.25) is 0 Å². The predicted molar refractivity (Wildman–Crippen MR) is 45.0 cm³/mol. The fraction of sp³-hybridized carbons (Fsp3) is 0.200. The zero-order valence-corrected chi connectivity index (χ0v) is 6.55. The molecule has 11 heavy (non-hydrogen) atoms. The van der Waals surface area contributed by atoms with Gasteiger partial charge in [0.05, 0.1) is 0 Å². The zero-order valence-electron chi connectivity index (χ0n) is 6.55. The van der Waals surface area contributed by atoms with Gasteiger partial charge in [-0.1, -0.05) is 24.8 Å². The minimum Gasteiger partial charge on any atom is -0.489 e. The van der Waals surface area contributed by atoms with E-state index in [1.807, 2.05) is 6.07 Å². The number of hydrogen-bond donors (Lipinski definition) is 0. The molecule has 1 heterocycles. The molecule has 0 fully saturated rings. The van der Waals surface area contributed by atoms with Crippen LogP contribution < -0.4 is 0 Å². The van der Waals surface area contributed by atoms with E-state index in [2.05, 4.69) is 25.6 Å². The lowest BCUT2D eigenvalue weighted by atomic mass is 10.0. The van der Waals surface area contributed by atoms with Crippen LogP contribution in [0.1, 0.15) is 16.7 Å². The van der Waals surface area contributed by atoms with Crippen LogP contribution in [0.3, 0.4) is 0 Å². The van der Waals surface area contributed by atoms with Crippen molar-refractivity contribution in [3.63, 3.8) is 0 Å². The second-order valence-electron chi connectivity index (χ2n) is 2.81. The Kier molecular flexibility index (Phi) is 1.25. The van der Waals surface area contributed by atoms with Crippen LogP contribution in [0.15, 0.2) is 24.8 Å². The average Bonchev–Trinajstić information content (AvgIpc) is 2.35. The Morgan fingerprint density at radius 2 is 2.27 bits per heavy atom. The zero-order chi connectivity index (χ0) is 7.84. The Balaban J connectivity index is 2.66. The van der Waals surface area contributed by atoms with E-state index in [1.165, 1.54) is 16.7 Å². The Labute approximate surface area is 66.3 Å². The van der Waals surface area contributed by atoms with Gasteiger partial charge in [0.1, 0.15) is 12.4 Å². The van der Waals surface area contributed by atoms with Crippen molar-refractivity contribution >= 4 is 5.76 Å². The van der Waals surface area contributed by atoms with Crippen molar-refractivity contribution in [3.05, 3.63) is 41.5 Å². The fourth-order valence-electron chi connectivity index (χ4n) is 1.39. The fourth-order valence-corrected chi connectivity index (χ4v) is 1.39. The second kappa shape index (κ2) is 2.12. The van der Waals surface area contributed by atoms with Crippen molar-refractivity contribution in [2.75, 3.05) is 0 Å². The van der Waals surface area contributed by atoms with Crippen LogP contribution in [0, 0.1) is 6.92 Å². The molecular formula is C10H10O. The lowest BCUT2D eigenvalue weighted by molar-refractivity contribution is 0.286. The number of ether oxygens (including phenoxy) is 1. The smallest absolute Gasteiger partial charge is 0.120 e. The van der Waals surface area contributed by atoms with Crippen molar-refractivity contribution < 1.29 is 4.74 Å². The van der Waals surface area contributed by atoms with Gasteiger partial charge in [-0.05, 0) is 12.5 Å². The first kappa shape index (κ1) is 6.47. The first-order chi connectivity index (χ1) is 5.29.